The van der Waals surface area contributed by atoms with E-state index in [1.807, 2.05) is 0 Å². The predicted octanol–water partition coefficient (Wildman–Crippen LogP) is 6.16. The highest BCUT2D eigenvalue weighted by molar-refractivity contribution is 6.42. The van der Waals surface area contributed by atoms with E-state index in [0.717, 1.165) is 56.6 Å². The Kier molecular flexibility index (Phi) is 10.7. The lowest BCUT2D eigenvalue weighted by atomic mass is 10.2. The molecule has 6 nitrogen and oxygen atoms in total. The molecule has 0 spiro atoms. The van der Waals surface area contributed by atoms with Crippen molar-refractivity contribution in [3.8, 4) is 0 Å². The summed E-state index contributed by atoms with van der Waals surface area (Å²) in [6, 6.07) is 9.25. The third-order valence-electron chi connectivity index (χ3n) is 5.94. The number of anilines is 1. The van der Waals surface area contributed by atoms with Gasteiger partial charge < -0.3 is 15.5 Å². The molecule has 0 atom stereocenters. The van der Waals surface area contributed by atoms with Gasteiger partial charge in [-0.3, -0.25) is 9.69 Å². The van der Waals surface area contributed by atoms with Crippen LogP contribution in [0.5, 0.6) is 0 Å². The minimum atomic E-state index is -4.40. The van der Waals surface area contributed by atoms with Crippen molar-refractivity contribution in [2.45, 2.75) is 25.4 Å². The Balaban J connectivity index is 1.25. The quantitative estimate of drug-likeness (QED) is 0.287. The maximum Gasteiger partial charge on any atom is 0.416 e. The molecule has 3 amide bonds. The summed E-state index contributed by atoms with van der Waals surface area (Å²) in [5.41, 5.74) is 0.373. The predicted molar refractivity (Wildman–Crippen MR) is 141 cm³/mol. The molecule has 2 N–H and O–H groups in total. The van der Waals surface area contributed by atoms with Crippen molar-refractivity contribution >= 4 is 46.9 Å². The molecule has 0 bridgehead atoms. The number of unbranched alkanes of at least 4 members (excludes halogenated alkanes) is 2. The molecule has 1 saturated heterocycles. The molecular formula is C26H29Cl2F3N4O2. The number of urea groups is 1. The summed E-state index contributed by atoms with van der Waals surface area (Å²) in [5.74, 6) is -0.170. The van der Waals surface area contributed by atoms with E-state index in [9.17, 15) is 22.8 Å². The molecule has 37 heavy (non-hydrogen) atoms. The number of hydrogen-bond acceptors (Lipinski definition) is 3. The van der Waals surface area contributed by atoms with Crippen LogP contribution in [0.25, 0.3) is 6.08 Å². The maximum absolute atomic E-state index is 12.7. The number of benzene rings is 2. The number of carbonyl (C=O) groups is 2. The SMILES string of the molecule is O=C(/C=C/c1ccc(Cl)c(Cl)c1)NCCCCCN1CCN(C(=O)Nc2ccc(C(F)(F)F)cc2)CC1. The van der Waals surface area contributed by atoms with Crippen LogP contribution in [-0.4, -0.2) is 61.0 Å². The molecule has 1 heterocycles. The van der Waals surface area contributed by atoms with Crippen LogP contribution in [0.3, 0.4) is 0 Å². The van der Waals surface area contributed by atoms with E-state index < -0.39 is 11.7 Å². The Morgan fingerprint density at radius 3 is 2.27 bits per heavy atom. The zero-order chi connectivity index (χ0) is 26.8. The molecule has 0 unspecified atom stereocenters. The second-order valence-corrected chi connectivity index (χ2v) is 9.51. The summed E-state index contributed by atoms with van der Waals surface area (Å²) < 4.78 is 38.0. The van der Waals surface area contributed by atoms with Gasteiger partial charge in [-0.25, -0.2) is 4.79 Å². The number of piperazine rings is 1. The van der Waals surface area contributed by atoms with Gasteiger partial charge >= 0.3 is 12.2 Å². The molecule has 200 valence electrons. The normalized spacial score (nSPS) is 14.7. The van der Waals surface area contributed by atoms with Gasteiger partial charge in [0, 0.05) is 44.5 Å². The van der Waals surface area contributed by atoms with Crippen molar-refractivity contribution in [2.24, 2.45) is 0 Å². The van der Waals surface area contributed by atoms with E-state index in [4.69, 9.17) is 23.2 Å². The first-order valence-electron chi connectivity index (χ1n) is 12.0. The molecule has 0 aliphatic carbocycles. The fraction of sp³-hybridized carbons (Fsp3) is 0.385. The Hall–Kier alpha value is -2.75. The molecule has 11 heteroatoms. The highest BCUT2D eigenvalue weighted by Gasteiger charge is 2.30. The summed E-state index contributed by atoms with van der Waals surface area (Å²) in [6.07, 6.45) is 1.55. The van der Waals surface area contributed by atoms with Gasteiger partial charge in [0.25, 0.3) is 0 Å². The molecule has 2 aromatic carbocycles. The molecule has 2 aromatic rings. The molecule has 0 saturated carbocycles. The lowest BCUT2D eigenvalue weighted by Crippen LogP contribution is -2.50. The van der Waals surface area contributed by atoms with Crippen LogP contribution in [0, 0.1) is 0 Å². The average molecular weight is 557 g/mol. The lowest BCUT2D eigenvalue weighted by Gasteiger charge is -2.34. The second kappa shape index (κ2) is 13.7. The van der Waals surface area contributed by atoms with Gasteiger partial charge in [-0.2, -0.15) is 13.2 Å². The van der Waals surface area contributed by atoms with Gasteiger partial charge in [0.2, 0.25) is 5.91 Å². The summed E-state index contributed by atoms with van der Waals surface area (Å²) in [7, 11) is 0. The van der Waals surface area contributed by atoms with Gasteiger partial charge in [-0.15, -0.1) is 0 Å². The van der Waals surface area contributed by atoms with Crippen molar-refractivity contribution in [1.82, 2.24) is 15.1 Å². The van der Waals surface area contributed by atoms with Crippen LogP contribution >= 0.6 is 23.2 Å². The number of hydrogen-bond donors (Lipinski definition) is 2. The third-order valence-corrected chi connectivity index (χ3v) is 6.68. The van der Waals surface area contributed by atoms with Gasteiger partial charge in [0.15, 0.2) is 0 Å². The third kappa shape index (κ3) is 9.57. The van der Waals surface area contributed by atoms with Crippen molar-refractivity contribution in [3.05, 3.63) is 69.7 Å². The fourth-order valence-electron chi connectivity index (χ4n) is 3.82. The highest BCUT2D eigenvalue weighted by Crippen LogP contribution is 2.30. The number of alkyl halides is 3. The van der Waals surface area contributed by atoms with Crippen LogP contribution in [-0.2, 0) is 11.0 Å². The summed E-state index contributed by atoms with van der Waals surface area (Å²) in [6.45, 7) is 4.05. The Morgan fingerprint density at radius 1 is 0.919 bits per heavy atom. The van der Waals surface area contributed by atoms with Gasteiger partial charge in [-0.1, -0.05) is 35.7 Å². The van der Waals surface area contributed by atoms with Crippen molar-refractivity contribution in [3.63, 3.8) is 0 Å². The van der Waals surface area contributed by atoms with Crippen LogP contribution in [0.2, 0.25) is 10.0 Å². The average Bonchev–Trinajstić information content (AvgIpc) is 2.87. The summed E-state index contributed by atoms with van der Waals surface area (Å²) in [5, 5.41) is 6.42. The molecule has 1 fully saturated rings. The molecular weight excluding hydrogens is 528 g/mol. The van der Waals surface area contributed by atoms with Crippen LogP contribution < -0.4 is 10.6 Å². The minimum Gasteiger partial charge on any atom is -0.353 e. The topological polar surface area (TPSA) is 64.7 Å². The first-order valence-corrected chi connectivity index (χ1v) is 12.7. The second-order valence-electron chi connectivity index (χ2n) is 8.69. The van der Waals surface area contributed by atoms with E-state index in [2.05, 4.69) is 15.5 Å². The molecule has 0 radical (unpaired) electrons. The van der Waals surface area contributed by atoms with Crippen LogP contribution in [0.15, 0.2) is 48.5 Å². The molecule has 0 aromatic heterocycles. The first kappa shape index (κ1) is 28.8. The monoisotopic (exact) mass is 556 g/mol. The minimum absolute atomic E-state index is 0.170. The standard InChI is InChI=1S/C26H29Cl2F3N4O2/c27-22-10-4-19(18-23(22)28)5-11-24(36)32-12-2-1-3-13-34-14-16-35(17-15-34)25(37)33-21-8-6-20(7-9-21)26(29,30)31/h4-11,18H,1-3,12-17H2,(H,32,36)(H,33,37)/b11-5+. The van der Waals surface area contributed by atoms with Crippen LogP contribution in [0.4, 0.5) is 23.7 Å². The van der Waals surface area contributed by atoms with Gasteiger partial charge in [-0.05, 0) is 67.4 Å². The zero-order valence-electron chi connectivity index (χ0n) is 20.2. The Labute approximate surface area is 224 Å². The summed E-state index contributed by atoms with van der Waals surface area (Å²) >= 11 is 11.8. The van der Waals surface area contributed by atoms with E-state index in [0.29, 0.717) is 35.4 Å². The van der Waals surface area contributed by atoms with Gasteiger partial charge in [0.1, 0.15) is 0 Å². The van der Waals surface area contributed by atoms with E-state index >= 15 is 0 Å². The molecule has 3 rings (SSSR count). The number of nitrogens with zero attached hydrogens (tertiary/aromatic N) is 2. The van der Waals surface area contributed by atoms with E-state index in [1.165, 1.54) is 18.2 Å². The van der Waals surface area contributed by atoms with Gasteiger partial charge in [0.05, 0.1) is 15.6 Å². The first-order chi connectivity index (χ1) is 17.6. The van der Waals surface area contributed by atoms with Crippen molar-refractivity contribution < 1.29 is 22.8 Å². The number of halogens is 5. The summed E-state index contributed by atoms with van der Waals surface area (Å²) in [4.78, 5) is 28.3. The number of amides is 3. The maximum atomic E-state index is 12.7. The largest absolute Gasteiger partial charge is 0.416 e. The van der Waals surface area contributed by atoms with Crippen molar-refractivity contribution in [2.75, 3.05) is 44.6 Å². The number of rotatable bonds is 9. The smallest absolute Gasteiger partial charge is 0.353 e. The number of carbonyl (C=O) groups excluding carboxylic acids is 2. The van der Waals surface area contributed by atoms with Crippen LogP contribution in [0.1, 0.15) is 30.4 Å². The molecule has 1 aliphatic heterocycles. The Bertz CT molecular complexity index is 1090. The zero-order valence-corrected chi connectivity index (χ0v) is 21.7. The van der Waals surface area contributed by atoms with Crippen molar-refractivity contribution in [1.29, 1.82) is 0 Å². The van der Waals surface area contributed by atoms with E-state index in [1.54, 1.807) is 29.2 Å². The van der Waals surface area contributed by atoms with E-state index in [-0.39, 0.29) is 11.9 Å². The molecule has 1 aliphatic rings. The lowest BCUT2D eigenvalue weighted by molar-refractivity contribution is -0.137. The number of nitrogens with one attached hydrogen (secondary N) is 2. The fourth-order valence-corrected chi connectivity index (χ4v) is 4.12. The highest BCUT2D eigenvalue weighted by atomic mass is 35.5. The Morgan fingerprint density at radius 2 is 1.62 bits per heavy atom.